The predicted molar refractivity (Wildman–Crippen MR) is 82.1 cm³/mol. The van der Waals surface area contributed by atoms with Crippen molar-refractivity contribution in [3.63, 3.8) is 0 Å². The zero-order valence-corrected chi connectivity index (χ0v) is 13.5. The molecule has 0 fully saturated rings. The number of fused-ring (bicyclic) bond motifs is 1. The van der Waals surface area contributed by atoms with Crippen molar-refractivity contribution in [3.05, 3.63) is 29.3 Å². The molecule has 0 aromatic heterocycles. The minimum absolute atomic E-state index is 0.0693. The molecule has 0 unspecified atom stereocenters. The van der Waals surface area contributed by atoms with Gasteiger partial charge in [0.05, 0.1) is 10.6 Å². The van der Waals surface area contributed by atoms with Gasteiger partial charge in [-0.1, -0.05) is 6.92 Å². The van der Waals surface area contributed by atoms with E-state index in [2.05, 4.69) is 0 Å². The first kappa shape index (κ1) is 16.7. The van der Waals surface area contributed by atoms with Crippen LogP contribution in [0.3, 0.4) is 0 Å². The van der Waals surface area contributed by atoms with Crippen LogP contribution in [-0.2, 0) is 26.7 Å². The third kappa shape index (κ3) is 2.80. The van der Waals surface area contributed by atoms with E-state index in [1.807, 2.05) is 0 Å². The quantitative estimate of drug-likeness (QED) is 0.570. The van der Waals surface area contributed by atoms with Gasteiger partial charge in [-0.05, 0) is 53.4 Å². The Bertz CT molecular complexity index is 977. The highest BCUT2D eigenvalue weighted by atomic mass is 32.2. The van der Waals surface area contributed by atoms with Crippen molar-refractivity contribution in [2.24, 2.45) is 0 Å². The second-order valence-corrected chi connectivity index (χ2v) is 7.72. The number of rotatable bonds is 3. The Hall–Kier alpha value is -1.68. The summed E-state index contributed by atoms with van der Waals surface area (Å²) in [6.07, 6.45) is 0.387. The Morgan fingerprint density at radius 1 is 1.05 bits per heavy atom. The Balaban J connectivity index is 3.06. The molecule has 120 valence electrons. The lowest BCUT2D eigenvalue weighted by Gasteiger charge is -2.15. The number of hydrogen-bond donors (Lipinski definition) is 3. The summed E-state index contributed by atoms with van der Waals surface area (Å²) in [6.45, 7) is 3.39. The van der Waals surface area contributed by atoms with E-state index in [9.17, 15) is 21.4 Å². The lowest BCUT2D eigenvalue weighted by atomic mass is 9.97. The number of anilines is 1. The molecule has 0 aliphatic heterocycles. The monoisotopic (exact) mass is 345 g/mol. The van der Waals surface area contributed by atoms with E-state index in [0.717, 1.165) is 12.1 Å². The van der Waals surface area contributed by atoms with E-state index in [4.69, 9.17) is 10.3 Å². The lowest BCUT2D eigenvalue weighted by Crippen LogP contribution is -2.08. The van der Waals surface area contributed by atoms with Crippen molar-refractivity contribution in [2.75, 3.05) is 5.73 Å². The molecule has 4 N–H and O–H groups in total. The first-order valence-electron chi connectivity index (χ1n) is 6.27. The summed E-state index contributed by atoms with van der Waals surface area (Å²) in [4.78, 5) is -0.839. The van der Waals surface area contributed by atoms with Crippen LogP contribution in [0.25, 0.3) is 10.8 Å². The minimum Gasteiger partial charge on any atom is -0.397 e. The van der Waals surface area contributed by atoms with Crippen LogP contribution in [0.5, 0.6) is 0 Å². The third-order valence-corrected chi connectivity index (χ3v) is 5.17. The Morgan fingerprint density at radius 2 is 1.64 bits per heavy atom. The van der Waals surface area contributed by atoms with Gasteiger partial charge in [0.2, 0.25) is 0 Å². The normalized spacial score (nSPS) is 12.7. The summed E-state index contributed by atoms with van der Waals surface area (Å²) in [6, 6.07) is 3.52. The van der Waals surface area contributed by atoms with Crippen LogP contribution >= 0.6 is 0 Å². The summed E-state index contributed by atoms with van der Waals surface area (Å²) < 4.78 is 63.9. The maximum absolute atomic E-state index is 11.4. The van der Waals surface area contributed by atoms with Gasteiger partial charge in [-0.3, -0.25) is 9.11 Å². The highest BCUT2D eigenvalue weighted by Crippen LogP contribution is 2.34. The molecule has 0 bridgehead atoms. The van der Waals surface area contributed by atoms with Gasteiger partial charge in [-0.2, -0.15) is 16.8 Å². The Morgan fingerprint density at radius 3 is 2.09 bits per heavy atom. The van der Waals surface area contributed by atoms with E-state index >= 15 is 0 Å². The molecule has 2 rings (SSSR count). The van der Waals surface area contributed by atoms with Crippen LogP contribution in [0.4, 0.5) is 5.69 Å². The standard InChI is InChI=1S/C13H15NO6S2/c1-3-10-12-7(2)4-9(21(15,16)17)5-8(12)6-11(13(10)14)22(18,19)20/h4-6H,3,14H2,1-2H3,(H,15,16,17)(H,18,19,20). The molecule has 0 aliphatic carbocycles. The molecule has 0 atom stereocenters. The van der Waals surface area contributed by atoms with Crippen LogP contribution in [0.2, 0.25) is 0 Å². The summed E-state index contributed by atoms with van der Waals surface area (Å²) in [5.41, 5.74) is 6.78. The molecule has 7 nitrogen and oxygen atoms in total. The molecule has 9 heteroatoms. The lowest BCUT2D eigenvalue weighted by molar-refractivity contribution is 0.481. The molecule has 0 spiro atoms. The highest BCUT2D eigenvalue weighted by Gasteiger charge is 2.21. The fourth-order valence-corrected chi connectivity index (χ4v) is 3.82. The molecule has 0 heterocycles. The first-order valence-corrected chi connectivity index (χ1v) is 9.15. The van der Waals surface area contributed by atoms with Crippen molar-refractivity contribution >= 4 is 36.7 Å². The van der Waals surface area contributed by atoms with Crippen molar-refractivity contribution in [2.45, 2.75) is 30.1 Å². The average molecular weight is 345 g/mol. The number of nitrogen functional groups attached to an aromatic ring is 1. The van der Waals surface area contributed by atoms with Crippen LogP contribution in [0.1, 0.15) is 18.1 Å². The second kappa shape index (κ2) is 5.20. The fourth-order valence-electron chi connectivity index (χ4n) is 2.54. The SMILES string of the molecule is CCc1c(N)c(S(=O)(=O)O)cc2cc(S(=O)(=O)O)cc(C)c12. The molecule has 0 amide bonds. The van der Waals surface area contributed by atoms with E-state index in [-0.39, 0.29) is 16.0 Å². The van der Waals surface area contributed by atoms with Gasteiger partial charge < -0.3 is 5.73 Å². The Labute approximate surface area is 128 Å². The van der Waals surface area contributed by atoms with Gasteiger partial charge in [0.15, 0.2) is 0 Å². The van der Waals surface area contributed by atoms with Crippen LogP contribution in [-0.4, -0.2) is 25.9 Å². The molecule has 2 aromatic rings. The first-order chi connectivity index (χ1) is 9.96. The van der Waals surface area contributed by atoms with Gasteiger partial charge in [-0.15, -0.1) is 0 Å². The van der Waals surface area contributed by atoms with Crippen molar-refractivity contribution in [1.29, 1.82) is 0 Å². The molecule has 2 aromatic carbocycles. The maximum Gasteiger partial charge on any atom is 0.296 e. The summed E-state index contributed by atoms with van der Waals surface area (Å²) >= 11 is 0. The summed E-state index contributed by atoms with van der Waals surface area (Å²) in [5, 5.41) is 0.853. The molecular formula is C13H15NO6S2. The highest BCUT2D eigenvalue weighted by molar-refractivity contribution is 7.86. The van der Waals surface area contributed by atoms with E-state index in [1.54, 1.807) is 13.8 Å². The third-order valence-electron chi connectivity index (χ3n) is 3.45. The predicted octanol–water partition coefficient (Wildman–Crippen LogP) is 1.79. The second-order valence-electron chi connectivity index (χ2n) is 4.91. The molecule has 0 radical (unpaired) electrons. The topological polar surface area (TPSA) is 135 Å². The minimum atomic E-state index is -4.56. The zero-order chi connectivity index (χ0) is 16.9. The smallest absolute Gasteiger partial charge is 0.296 e. The maximum atomic E-state index is 11.4. The molecule has 22 heavy (non-hydrogen) atoms. The van der Waals surface area contributed by atoms with Gasteiger partial charge in [0.1, 0.15) is 4.90 Å². The number of hydrogen-bond acceptors (Lipinski definition) is 5. The fraction of sp³-hybridized carbons (Fsp3) is 0.231. The Kier molecular flexibility index (Phi) is 3.94. The van der Waals surface area contributed by atoms with E-state index < -0.39 is 25.1 Å². The van der Waals surface area contributed by atoms with Gasteiger partial charge in [-0.25, -0.2) is 0 Å². The van der Waals surface area contributed by atoms with Crippen LogP contribution < -0.4 is 5.73 Å². The summed E-state index contributed by atoms with van der Waals surface area (Å²) in [7, 11) is -8.99. The van der Waals surface area contributed by atoms with Gasteiger partial charge in [0, 0.05) is 0 Å². The van der Waals surface area contributed by atoms with Gasteiger partial charge >= 0.3 is 0 Å². The number of nitrogens with two attached hydrogens (primary N) is 1. The van der Waals surface area contributed by atoms with Crippen LogP contribution in [0.15, 0.2) is 28.0 Å². The number of aryl methyl sites for hydroxylation is 2. The van der Waals surface area contributed by atoms with E-state index in [0.29, 0.717) is 22.9 Å². The average Bonchev–Trinajstić information content (AvgIpc) is 2.36. The molecule has 0 saturated carbocycles. The van der Waals surface area contributed by atoms with Crippen molar-refractivity contribution < 1.29 is 25.9 Å². The largest absolute Gasteiger partial charge is 0.397 e. The van der Waals surface area contributed by atoms with Crippen LogP contribution in [0, 0.1) is 6.92 Å². The number of benzene rings is 2. The van der Waals surface area contributed by atoms with Crippen molar-refractivity contribution in [1.82, 2.24) is 0 Å². The molecule has 0 aliphatic rings. The van der Waals surface area contributed by atoms with Gasteiger partial charge in [0.25, 0.3) is 20.2 Å². The van der Waals surface area contributed by atoms with E-state index in [1.165, 1.54) is 6.07 Å². The zero-order valence-electron chi connectivity index (χ0n) is 11.9. The van der Waals surface area contributed by atoms with Crippen molar-refractivity contribution in [3.8, 4) is 0 Å². The summed E-state index contributed by atoms with van der Waals surface area (Å²) in [5.74, 6) is 0. The molecular weight excluding hydrogens is 330 g/mol. The molecule has 0 saturated heterocycles.